The Balaban J connectivity index is 2.16. The Morgan fingerprint density at radius 3 is 3.09 bits per heavy atom. The maximum Gasteiger partial charge on any atom is 0.0995 e. The first-order chi connectivity index (χ1) is 5.47. The summed E-state index contributed by atoms with van der Waals surface area (Å²) >= 11 is 0. The zero-order valence-corrected chi connectivity index (χ0v) is 6.36. The molecular weight excluding hydrogens is 138 g/mol. The number of rotatable bonds is 1. The van der Waals surface area contributed by atoms with Crippen LogP contribution in [0.15, 0.2) is 24.4 Å². The molecule has 58 valence electrons. The molecule has 1 aromatic rings. The summed E-state index contributed by atoms with van der Waals surface area (Å²) in [6.45, 7) is 0.890. The summed E-state index contributed by atoms with van der Waals surface area (Å²) in [6.07, 6.45) is 4.37. The van der Waals surface area contributed by atoms with E-state index in [1.165, 1.54) is 6.42 Å². The van der Waals surface area contributed by atoms with Gasteiger partial charge in [-0.2, -0.15) is 0 Å². The van der Waals surface area contributed by atoms with E-state index < -0.39 is 0 Å². The van der Waals surface area contributed by atoms with Gasteiger partial charge >= 0.3 is 0 Å². The summed E-state index contributed by atoms with van der Waals surface area (Å²) in [4.78, 5) is 4.24. The van der Waals surface area contributed by atoms with E-state index in [4.69, 9.17) is 4.74 Å². The first-order valence-corrected chi connectivity index (χ1v) is 3.99. The third kappa shape index (κ3) is 1.40. The Morgan fingerprint density at radius 2 is 2.45 bits per heavy atom. The third-order valence-electron chi connectivity index (χ3n) is 1.95. The molecule has 0 bridgehead atoms. The second-order valence-electron chi connectivity index (χ2n) is 2.76. The summed E-state index contributed by atoms with van der Waals surface area (Å²) in [5.41, 5.74) is 1.07. The monoisotopic (exact) mass is 149 g/mol. The van der Waals surface area contributed by atoms with Gasteiger partial charge < -0.3 is 4.74 Å². The van der Waals surface area contributed by atoms with Gasteiger partial charge in [0, 0.05) is 12.8 Å². The summed E-state index contributed by atoms with van der Waals surface area (Å²) in [5, 5.41) is 0. The number of hydrogen-bond donors (Lipinski definition) is 0. The van der Waals surface area contributed by atoms with Crippen LogP contribution in [0.25, 0.3) is 0 Å². The van der Waals surface area contributed by atoms with Crippen molar-refractivity contribution in [1.29, 1.82) is 0 Å². The average molecular weight is 149 g/mol. The Morgan fingerprint density at radius 1 is 1.45 bits per heavy atom. The van der Waals surface area contributed by atoms with Crippen LogP contribution >= 0.6 is 0 Å². The van der Waals surface area contributed by atoms with Gasteiger partial charge in [0.05, 0.1) is 11.8 Å². The predicted molar refractivity (Wildman–Crippen MR) is 42.2 cm³/mol. The molecule has 1 saturated heterocycles. The lowest BCUT2D eigenvalue weighted by Gasteiger charge is -2.06. The first kappa shape index (κ1) is 6.80. The average Bonchev–Trinajstić information content (AvgIpc) is 2.58. The van der Waals surface area contributed by atoms with Gasteiger partial charge in [0.25, 0.3) is 0 Å². The number of hydrogen-bond acceptors (Lipinski definition) is 2. The van der Waals surface area contributed by atoms with E-state index in [2.05, 4.69) is 4.98 Å². The molecule has 1 atom stereocenters. The van der Waals surface area contributed by atoms with Crippen molar-refractivity contribution in [3.63, 3.8) is 0 Å². The molecule has 1 aliphatic rings. The van der Waals surface area contributed by atoms with Gasteiger partial charge in [-0.15, -0.1) is 0 Å². The number of nitrogens with zero attached hydrogens (tertiary/aromatic N) is 1. The van der Waals surface area contributed by atoms with Crippen molar-refractivity contribution in [3.8, 4) is 0 Å². The van der Waals surface area contributed by atoms with Crippen LogP contribution in [0.2, 0.25) is 0 Å². The lowest BCUT2D eigenvalue weighted by atomic mass is 10.2. The minimum Gasteiger partial charge on any atom is -0.372 e. The molecule has 0 unspecified atom stereocenters. The highest BCUT2D eigenvalue weighted by Crippen LogP contribution is 2.26. The van der Waals surface area contributed by atoms with Crippen molar-refractivity contribution in [2.24, 2.45) is 0 Å². The van der Waals surface area contributed by atoms with Gasteiger partial charge in [-0.1, -0.05) is 6.07 Å². The quantitative estimate of drug-likeness (QED) is 0.608. The van der Waals surface area contributed by atoms with Gasteiger partial charge in [0.15, 0.2) is 0 Å². The van der Waals surface area contributed by atoms with Crippen LogP contribution in [-0.4, -0.2) is 11.6 Å². The summed E-state index contributed by atoms with van der Waals surface area (Å²) in [7, 11) is 0. The van der Waals surface area contributed by atoms with E-state index in [-0.39, 0.29) is 6.10 Å². The van der Waals surface area contributed by atoms with Gasteiger partial charge in [-0.05, 0) is 25.0 Å². The SMILES string of the molecule is c1ccc([C@H]2CCCO2)nc1. The highest BCUT2D eigenvalue weighted by molar-refractivity contribution is 5.07. The van der Waals surface area contributed by atoms with Crippen LogP contribution in [0.5, 0.6) is 0 Å². The van der Waals surface area contributed by atoms with E-state index in [0.717, 1.165) is 18.7 Å². The Bertz CT molecular complexity index is 216. The second-order valence-corrected chi connectivity index (χ2v) is 2.76. The van der Waals surface area contributed by atoms with Crippen LogP contribution < -0.4 is 0 Å². The molecule has 2 heteroatoms. The van der Waals surface area contributed by atoms with E-state index in [9.17, 15) is 0 Å². The van der Waals surface area contributed by atoms with Crippen LogP contribution in [0.3, 0.4) is 0 Å². The second kappa shape index (κ2) is 3.01. The lowest BCUT2D eigenvalue weighted by molar-refractivity contribution is 0.108. The predicted octanol–water partition coefficient (Wildman–Crippen LogP) is 1.93. The summed E-state index contributed by atoms with van der Waals surface area (Å²) < 4.78 is 5.48. The zero-order valence-electron chi connectivity index (χ0n) is 6.36. The topological polar surface area (TPSA) is 22.1 Å². The summed E-state index contributed by atoms with van der Waals surface area (Å²) in [6, 6.07) is 5.96. The van der Waals surface area contributed by atoms with E-state index >= 15 is 0 Å². The van der Waals surface area contributed by atoms with E-state index in [0.29, 0.717) is 0 Å². The highest BCUT2D eigenvalue weighted by Gasteiger charge is 2.17. The normalized spacial score (nSPS) is 23.8. The van der Waals surface area contributed by atoms with Crippen molar-refractivity contribution in [1.82, 2.24) is 4.98 Å². The molecular formula is C9H11NO. The molecule has 2 heterocycles. The Labute approximate surface area is 66.2 Å². The molecule has 1 aliphatic heterocycles. The minimum absolute atomic E-state index is 0.260. The molecule has 1 fully saturated rings. The molecule has 0 aromatic carbocycles. The van der Waals surface area contributed by atoms with Gasteiger partial charge in [0.2, 0.25) is 0 Å². The fourth-order valence-corrected chi connectivity index (χ4v) is 1.38. The molecule has 0 N–H and O–H groups in total. The maximum atomic E-state index is 5.48. The van der Waals surface area contributed by atoms with Crippen molar-refractivity contribution >= 4 is 0 Å². The van der Waals surface area contributed by atoms with Crippen LogP contribution in [0.4, 0.5) is 0 Å². The molecule has 0 aliphatic carbocycles. The first-order valence-electron chi connectivity index (χ1n) is 3.99. The van der Waals surface area contributed by atoms with Crippen LogP contribution in [-0.2, 0) is 4.74 Å². The molecule has 2 rings (SSSR count). The molecule has 0 radical (unpaired) electrons. The molecule has 0 spiro atoms. The van der Waals surface area contributed by atoms with Crippen molar-refractivity contribution < 1.29 is 4.74 Å². The van der Waals surface area contributed by atoms with Crippen molar-refractivity contribution in [2.75, 3.05) is 6.61 Å². The smallest absolute Gasteiger partial charge is 0.0995 e. The maximum absolute atomic E-state index is 5.48. The number of ether oxygens (including phenoxy) is 1. The highest BCUT2D eigenvalue weighted by atomic mass is 16.5. The number of aromatic nitrogens is 1. The fraction of sp³-hybridized carbons (Fsp3) is 0.444. The standard InChI is InChI=1S/C9H11NO/c1-2-6-10-8(4-1)9-5-3-7-11-9/h1-2,4,6,9H,3,5,7H2/t9-/m1/s1. The van der Waals surface area contributed by atoms with Gasteiger partial charge in [-0.25, -0.2) is 0 Å². The lowest BCUT2D eigenvalue weighted by Crippen LogP contribution is -1.97. The molecule has 0 saturated carbocycles. The van der Waals surface area contributed by atoms with Gasteiger partial charge in [-0.3, -0.25) is 4.98 Å². The summed E-state index contributed by atoms with van der Waals surface area (Å²) in [5.74, 6) is 0. The third-order valence-corrected chi connectivity index (χ3v) is 1.95. The molecule has 2 nitrogen and oxygen atoms in total. The van der Waals surface area contributed by atoms with E-state index in [1.54, 1.807) is 0 Å². The molecule has 1 aromatic heterocycles. The van der Waals surface area contributed by atoms with E-state index in [1.807, 2.05) is 24.4 Å². The van der Waals surface area contributed by atoms with Crippen molar-refractivity contribution in [2.45, 2.75) is 18.9 Å². The Hall–Kier alpha value is -0.890. The largest absolute Gasteiger partial charge is 0.372 e. The minimum atomic E-state index is 0.260. The van der Waals surface area contributed by atoms with Crippen molar-refractivity contribution in [3.05, 3.63) is 30.1 Å². The van der Waals surface area contributed by atoms with Crippen LogP contribution in [0, 0.1) is 0 Å². The van der Waals surface area contributed by atoms with Gasteiger partial charge in [0.1, 0.15) is 0 Å². The number of pyridine rings is 1. The Kier molecular flexibility index (Phi) is 1.86. The fourth-order valence-electron chi connectivity index (χ4n) is 1.38. The molecule has 0 amide bonds. The van der Waals surface area contributed by atoms with Crippen LogP contribution in [0.1, 0.15) is 24.6 Å². The molecule has 11 heavy (non-hydrogen) atoms. The zero-order chi connectivity index (χ0) is 7.52.